The summed E-state index contributed by atoms with van der Waals surface area (Å²) in [6.45, 7) is 1.86. The molecule has 0 atom stereocenters. The highest BCUT2D eigenvalue weighted by Crippen LogP contribution is 2.26. The van der Waals surface area contributed by atoms with Gasteiger partial charge in [0.1, 0.15) is 23.0 Å². The Kier molecular flexibility index (Phi) is 5.58. The minimum atomic E-state index is -0.423. The molecule has 0 N–H and O–H groups in total. The quantitative estimate of drug-likeness (QED) is 0.444. The van der Waals surface area contributed by atoms with E-state index in [4.69, 9.17) is 9.47 Å². The van der Waals surface area contributed by atoms with Gasteiger partial charge in [-0.05, 0) is 48.9 Å². The smallest absolute Gasteiger partial charge is 0.312 e. The molecule has 3 aromatic heterocycles. The second kappa shape index (κ2) is 8.46. The van der Waals surface area contributed by atoms with Gasteiger partial charge in [0.25, 0.3) is 5.56 Å². The Morgan fingerprint density at radius 3 is 2.67 bits per heavy atom. The normalized spacial score (nSPS) is 10.9. The number of pyridine rings is 1. The zero-order chi connectivity index (χ0) is 21.1. The largest absolute Gasteiger partial charge is 0.497 e. The van der Waals surface area contributed by atoms with E-state index in [1.807, 2.05) is 48.7 Å². The molecule has 4 aromatic rings. The molecule has 0 radical (unpaired) electrons. The van der Waals surface area contributed by atoms with Crippen LogP contribution in [0.2, 0.25) is 0 Å². The number of aromatic nitrogens is 3. The van der Waals surface area contributed by atoms with Crippen molar-refractivity contribution in [2.45, 2.75) is 20.0 Å². The predicted molar refractivity (Wildman–Crippen MR) is 114 cm³/mol. The highest BCUT2D eigenvalue weighted by molar-refractivity contribution is 7.13. The van der Waals surface area contributed by atoms with Crippen molar-refractivity contribution < 1.29 is 14.3 Å². The van der Waals surface area contributed by atoms with E-state index in [0.29, 0.717) is 17.0 Å². The Balaban J connectivity index is 1.40. The Bertz CT molecular complexity index is 1260. The third-order valence-corrected chi connectivity index (χ3v) is 5.41. The number of fused-ring (bicyclic) bond motifs is 1. The van der Waals surface area contributed by atoms with Crippen molar-refractivity contribution in [3.63, 3.8) is 0 Å². The Labute approximate surface area is 176 Å². The number of hydrogen-bond donors (Lipinski definition) is 0. The first-order valence-electron chi connectivity index (χ1n) is 9.25. The third-order valence-electron chi connectivity index (χ3n) is 4.47. The van der Waals surface area contributed by atoms with Crippen molar-refractivity contribution in [2.75, 3.05) is 7.11 Å². The number of ether oxygens (including phenoxy) is 2. The molecule has 0 saturated heterocycles. The molecule has 0 unspecified atom stereocenters. The molecule has 0 fully saturated rings. The molecule has 0 aliphatic carbocycles. The summed E-state index contributed by atoms with van der Waals surface area (Å²) in [7, 11) is 1.62. The van der Waals surface area contributed by atoms with Gasteiger partial charge in [0.15, 0.2) is 0 Å². The second-order valence-corrected chi connectivity index (χ2v) is 7.59. The predicted octanol–water partition coefficient (Wildman–Crippen LogP) is 3.42. The SMILES string of the molecule is COc1ccc(-c2nc(CC(=O)OCc3cc(=O)n4ccc(C)cc4n3)cs2)cc1. The second-order valence-electron chi connectivity index (χ2n) is 6.73. The van der Waals surface area contributed by atoms with Gasteiger partial charge in [0, 0.05) is 23.2 Å². The summed E-state index contributed by atoms with van der Waals surface area (Å²) in [5.74, 6) is 0.351. The molecule has 8 heteroatoms. The van der Waals surface area contributed by atoms with Crippen LogP contribution in [0.25, 0.3) is 16.2 Å². The van der Waals surface area contributed by atoms with Crippen LogP contribution in [0.5, 0.6) is 5.75 Å². The van der Waals surface area contributed by atoms with Gasteiger partial charge < -0.3 is 9.47 Å². The summed E-state index contributed by atoms with van der Waals surface area (Å²) >= 11 is 1.46. The number of nitrogens with zero attached hydrogens (tertiary/aromatic N) is 3. The van der Waals surface area contributed by atoms with Crippen LogP contribution in [0.3, 0.4) is 0 Å². The number of hydrogen-bond acceptors (Lipinski definition) is 7. The van der Waals surface area contributed by atoms with Crippen molar-refractivity contribution in [3.05, 3.63) is 81.3 Å². The summed E-state index contributed by atoms with van der Waals surface area (Å²) in [6, 6.07) is 12.6. The first-order chi connectivity index (χ1) is 14.5. The van der Waals surface area contributed by atoms with Gasteiger partial charge in [0.2, 0.25) is 0 Å². The van der Waals surface area contributed by atoms with Gasteiger partial charge in [-0.15, -0.1) is 11.3 Å². The fourth-order valence-electron chi connectivity index (χ4n) is 2.94. The number of aryl methyl sites for hydroxylation is 1. The minimum Gasteiger partial charge on any atom is -0.497 e. The summed E-state index contributed by atoms with van der Waals surface area (Å²) in [6.07, 6.45) is 1.73. The first kappa shape index (κ1) is 19.8. The highest BCUT2D eigenvalue weighted by Gasteiger charge is 2.12. The fraction of sp³-hybridized carbons (Fsp3) is 0.182. The summed E-state index contributed by atoms with van der Waals surface area (Å²) in [4.78, 5) is 33.3. The van der Waals surface area contributed by atoms with E-state index in [0.717, 1.165) is 21.9 Å². The van der Waals surface area contributed by atoms with Crippen LogP contribution >= 0.6 is 11.3 Å². The summed E-state index contributed by atoms with van der Waals surface area (Å²) < 4.78 is 11.9. The van der Waals surface area contributed by atoms with Crippen molar-refractivity contribution in [1.29, 1.82) is 0 Å². The van der Waals surface area contributed by atoms with Gasteiger partial charge in [-0.25, -0.2) is 9.97 Å². The monoisotopic (exact) mass is 421 g/mol. The van der Waals surface area contributed by atoms with E-state index >= 15 is 0 Å². The molecule has 0 spiro atoms. The molecule has 3 heterocycles. The Hall–Kier alpha value is -3.52. The average molecular weight is 421 g/mol. The number of carbonyl (C=O) groups excluding carboxylic acids is 1. The van der Waals surface area contributed by atoms with Crippen LogP contribution in [0.4, 0.5) is 0 Å². The van der Waals surface area contributed by atoms with E-state index in [-0.39, 0.29) is 18.6 Å². The zero-order valence-electron chi connectivity index (χ0n) is 16.5. The van der Waals surface area contributed by atoms with Crippen LogP contribution < -0.4 is 10.3 Å². The number of carbonyl (C=O) groups is 1. The summed E-state index contributed by atoms with van der Waals surface area (Å²) in [5, 5.41) is 2.66. The fourth-order valence-corrected chi connectivity index (χ4v) is 3.76. The van der Waals surface area contributed by atoms with Crippen LogP contribution in [0.1, 0.15) is 17.0 Å². The summed E-state index contributed by atoms with van der Waals surface area (Å²) in [5.41, 5.74) is 3.31. The molecular weight excluding hydrogens is 402 g/mol. The Morgan fingerprint density at radius 2 is 1.90 bits per heavy atom. The minimum absolute atomic E-state index is 0.0539. The van der Waals surface area contributed by atoms with Crippen molar-refractivity contribution >= 4 is 23.0 Å². The molecule has 0 amide bonds. The molecular formula is C22H19N3O4S. The number of benzene rings is 1. The molecule has 30 heavy (non-hydrogen) atoms. The van der Waals surface area contributed by atoms with E-state index in [1.54, 1.807) is 13.3 Å². The highest BCUT2D eigenvalue weighted by atomic mass is 32.1. The van der Waals surface area contributed by atoms with Gasteiger partial charge in [-0.2, -0.15) is 0 Å². The van der Waals surface area contributed by atoms with Crippen molar-refractivity contribution in [2.24, 2.45) is 0 Å². The number of esters is 1. The standard InChI is InChI=1S/C22H19N3O4S/c1-14-7-8-25-19(9-14)23-16(10-20(25)26)12-29-21(27)11-17-13-30-22(24-17)15-3-5-18(28-2)6-4-15/h3-10,13H,11-12H2,1-2H3. The number of methoxy groups -OCH3 is 1. The first-order valence-corrected chi connectivity index (χ1v) is 10.1. The maximum Gasteiger partial charge on any atom is 0.312 e. The molecule has 4 rings (SSSR count). The van der Waals surface area contributed by atoms with Crippen LogP contribution in [-0.2, 0) is 22.6 Å². The van der Waals surface area contributed by atoms with Crippen molar-refractivity contribution in [1.82, 2.24) is 14.4 Å². The van der Waals surface area contributed by atoms with E-state index in [2.05, 4.69) is 9.97 Å². The molecule has 0 bridgehead atoms. The van der Waals surface area contributed by atoms with E-state index < -0.39 is 5.97 Å². The van der Waals surface area contributed by atoms with E-state index in [1.165, 1.54) is 21.8 Å². The topological polar surface area (TPSA) is 82.8 Å². The van der Waals surface area contributed by atoms with Gasteiger partial charge >= 0.3 is 5.97 Å². The molecule has 0 aliphatic heterocycles. The van der Waals surface area contributed by atoms with Crippen LogP contribution in [0.15, 0.2) is 58.8 Å². The maximum atomic E-state index is 12.2. The van der Waals surface area contributed by atoms with Crippen LogP contribution in [-0.4, -0.2) is 27.4 Å². The van der Waals surface area contributed by atoms with Crippen LogP contribution in [0, 0.1) is 6.92 Å². The van der Waals surface area contributed by atoms with Crippen molar-refractivity contribution in [3.8, 4) is 16.3 Å². The number of thiazole rings is 1. The lowest BCUT2D eigenvalue weighted by Gasteiger charge is -2.06. The lowest BCUT2D eigenvalue weighted by Crippen LogP contribution is -2.17. The number of rotatable bonds is 6. The maximum absolute atomic E-state index is 12.2. The lowest BCUT2D eigenvalue weighted by atomic mass is 10.2. The molecule has 1 aromatic carbocycles. The van der Waals surface area contributed by atoms with Gasteiger partial charge in [0.05, 0.1) is 24.9 Å². The molecule has 152 valence electrons. The zero-order valence-corrected chi connectivity index (χ0v) is 17.3. The molecule has 7 nitrogen and oxygen atoms in total. The lowest BCUT2D eigenvalue weighted by molar-refractivity contribution is -0.144. The average Bonchev–Trinajstić information content (AvgIpc) is 3.20. The third kappa shape index (κ3) is 4.38. The van der Waals surface area contributed by atoms with E-state index in [9.17, 15) is 9.59 Å². The van der Waals surface area contributed by atoms with Gasteiger partial charge in [-0.1, -0.05) is 0 Å². The van der Waals surface area contributed by atoms with Gasteiger partial charge in [-0.3, -0.25) is 14.0 Å². The molecule has 0 saturated carbocycles. The Morgan fingerprint density at radius 1 is 1.10 bits per heavy atom. The molecule has 0 aliphatic rings.